The maximum absolute atomic E-state index is 11.4. The highest BCUT2D eigenvalue weighted by molar-refractivity contribution is 6.49. The van der Waals surface area contributed by atoms with E-state index in [4.69, 9.17) is 34.8 Å². The van der Waals surface area contributed by atoms with E-state index in [-0.39, 0.29) is 10.5 Å². The zero-order valence-corrected chi connectivity index (χ0v) is 11.1. The van der Waals surface area contributed by atoms with E-state index in [9.17, 15) is 4.79 Å². The molecular formula is C12H8Cl3NO. The van der Waals surface area contributed by atoms with Crippen molar-refractivity contribution in [1.29, 1.82) is 0 Å². The molecule has 2 nitrogen and oxygen atoms in total. The summed E-state index contributed by atoms with van der Waals surface area (Å²) >= 11 is 17.9. The summed E-state index contributed by atoms with van der Waals surface area (Å²) in [5.41, 5.74) is 1.95. The molecule has 0 amide bonds. The molecule has 0 aliphatic heterocycles. The van der Waals surface area contributed by atoms with Crippen LogP contribution in [0.1, 0.15) is 5.69 Å². The van der Waals surface area contributed by atoms with Crippen molar-refractivity contribution in [3.8, 4) is 11.3 Å². The summed E-state index contributed by atoms with van der Waals surface area (Å²) in [6, 6.07) is 6.35. The molecule has 1 heterocycles. The number of aromatic nitrogens is 1. The lowest BCUT2D eigenvalue weighted by Gasteiger charge is -2.08. The molecule has 0 unspecified atom stereocenters. The van der Waals surface area contributed by atoms with E-state index in [1.807, 2.05) is 0 Å². The molecule has 1 N–H and O–H groups in total. The third kappa shape index (κ3) is 2.49. The minimum atomic E-state index is -0.0848. The van der Waals surface area contributed by atoms with E-state index in [1.54, 1.807) is 19.1 Å². The van der Waals surface area contributed by atoms with Gasteiger partial charge in [0.05, 0.1) is 20.8 Å². The Bertz CT molecular complexity index is 634. The summed E-state index contributed by atoms with van der Waals surface area (Å²) in [6.45, 7) is 1.80. The molecule has 0 aliphatic carbocycles. The largest absolute Gasteiger partial charge is 0.358 e. The highest BCUT2D eigenvalue weighted by atomic mass is 35.5. The molecule has 0 radical (unpaired) electrons. The Hall–Kier alpha value is -0.960. The molecular weight excluding hydrogens is 280 g/mol. The van der Waals surface area contributed by atoms with E-state index in [0.717, 1.165) is 5.69 Å². The van der Waals surface area contributed by atoms with Gasteiger partial charge >= 0.3 is 0 Å². The molecule has 0 spiro atoms. The fourth-order valence-corrected chi connectivity index (χ4v) is 2.20. The number of hydrogen-bond donors (Lipinski definition) is 1. The predicted octanol–water partition coefficient (Wildman–Crippen LogP) is 4.31. The van der Waals surface area contributed by atoms with Gasteiger partial charge in [-0.1, -0.05) is 34.8 Å². The lowest BCUT2D eigenvalue weighted by Crippen LogP contribution is -2.01. The zero-order chi connectivity index (χ0) is 12.6. The van der Waals surface area contributed by atoms with E-state index in [1.165, 1.54) is 12.1 Å². The Balaban J connectivity index is 2.69. The van der Waals surface area contributed by atoms with Crippen molar-refractivity contribution in [3.63, 3.8) is 0 Å². The Morgan fingerprint density at radius 3 is 2.41 bits per heavy atom. The van der Waals surface area contributed by atoms with Crippen LogP contribution in [-0.4, -0.2) is 4.98 Å². The molecule has 0 fully saturated rings. The number of aromatic amines is 1. The average Bonchev–Trinajstić information content (AvgIpc) is 2.24. The molecule has 5 heteroatoms. The van der Waals surface area contributed by atoms with Crippen LogP contribution in [0.2, 0.25) is 15.1 Å². The summed E-state index contributed by atoms with van der Waals surface area (Å²) < 4.78 is 0. The van der Waals surface area contributed by atoms with Gasteiger partial charge in [0.25, 0.3) is 0 Å². The molecule has 0 saturated heterocycles. The first-order valence-electron chi connectivity index (χ1n) is 4.84. The van der Waals surface area contributed by atoms with Crippen LogP contribution in [0.3, 0.4) is 0 Å². The first-order valence-corrected chi connectivity index (χ1v) is 5.97. The second kappa shape index (κ2) is 4.73. The van der Waals surface area contributed by atoms with Gasteiger partial charge in [-0.15, -0.1) is 0 Å². The van der Waals surface area contributed by atoms with Gasteiger partial charge in [-0.3, -0.25) is 4.79 Å². The lowest BCUT2D eigenvalue weighted by atomic mass is 10.1. The Labute approximate surface area is 113 Å². The standard InChI is InChI=1S/C12H8Cl3NO/c1-6-4-7(17)5-10(16-6)8-2-3-9(13)12(15)11(8)14/h2-5H,1H3,(H,16,17). The monoisotopic (exact) mass is 287 g/mol. The minimum Gasteiger partial charge on any atom is -0.358 e. The highest BCUT2D eigenvalue weighted by Crippen LogP contribution is 2.36. The van der Waals surface area contributed by atoms with Crippen molar-refractivity contribution in [2.45, 2.75) is 6.92 Å². The number of rotatable bonds is 1. The summed E-state index contributed by atoms with van der Waals surface area (Å²) in [7, 11) is 0. The molecule has 0 aliphatic rings. The van der Waals surface area contributed by atoms with Gasteiger partial charge < -0.3 is 4.98 Å². The average molecular weight is 289 g/mol. The van der Waals surface area contributed by atoms with Gasteiger partial charge in [-0.05, 0) is 19.1 Å². The number of aryl methyl sites for hydroxylation is 1. The molecule has 88 valence electrons. The summed E-state index contributed by atoms with van der Waals surface area (Å²) in [5, 5.41) is 1.00. The molecule has 17 heavy (non-hydrogen) atoms. The van der Waals surface area contributed by atoms with Crippen molar-refractivity contribution < 1.29 is 0 Å². The van der Waals surface area contributed by atoms with Crippen molar-refractivity contribution in [2.24, 2.45) is 0 Å². The molecule has 1 aromatic heterocycles. The molecule has 1 aromatic carbocycles. The number of halogens is 3. The number of pyridine rings is 1. The fourth-order valence-electron chi connectivity index (χ4n) is 1.56. The maximum atomic E-state index is 11.4. The molecule has 0 atom stereocenters. The molecule has 0 bridgehead atoms. The van der Waals surface area contributed by atoms with Crippen molar-refractivity contribution in [1.82, 2.24) is 4.98 Å². The smallest absolute Gasteiger partial charge is 0.182 e. The van der Waals surface area contributed by atoms with Gasteiger partial charge in [0.2, 0.25) is 0 Å². The maximum Gasteiger partial charge on any atom is 0.182 e. The molecule has 2 rings (SSSR count). The normalized spacial score (nSPS) is 10.6. The minimum absolute atomic E-state index is 0.0848. The third-order valence-corrected chi connectivity index (χ3v) is 3.60. The highest BCUT2D eigenvalue weighted by Gasteiger charge is 2.11. The first-order chi connectivity index (χ1) is 7.99. The summed E-state index contributed by atoms with van der Waals surface area (Å²) in [5.74, 6) is 0. The van der Waals surface area contributed by atoms with Crippen LogP contribution < -0.4 is 5.43 Å². The van der Waals surface area contributed by atoms with Crippen molar-refractivity contribution in [3.05, 3.63) is 55.3 Å². The van der Waals surface area contributed by atoms with Crippen LogP contribution in [0, 0.1) is 6.92 Å². The lowest BCUT2D eigenvalue weighted by molar-refractivity contribution is 1.19. The van der Waals surface area contributed by atoms with Gasteiger partial charge in [0, 0.05) is 23.4 Å². The quantitative estimate of drug-likeness (QED) is 0.779. The van der Waals surface area contributed by atoms with E-state index in [2.05, 4.69) is 4.98 Å². The topological polar surface area (TPSA) is 32.9 Å². The Kier molecular flexibility index (Phi) is 3.48. The second-order valence-electron chi connectivity index (χ2n) is 3.64. The number of benzene rings is 1. The number of nitrogens with one attached hydrogen (secondary N) is 1. The van der Waals surface area contributed by atoms with Crippen LogP contribution in [0.5, 0.6) is 0 Å². The first kappa shape index (κ1) is 12.5. The SMILES string of the molecule is Cc1cc(=O)cc(-c2ccc(Cl)c(Cl)c2Cl)[nH]1. The number of H-pyrrole nitrogens is 1. The van der Waals surface area contributed by atoms with Crippen LogP contribution in [0.15, 0.2) is 29.1 Å². The van der Waals surface area contributed by atoms with Gasteiger partial charge in [-0.25, -0.2) is 0 Å². The van der Waals surface area contributed by atoms with Crippen LogP contribution in [-0.2, 0) is 0 Å². The van der Waals surface area contributed by atoms with Crippen molar-refractivity contribution >= 4 is 34.8 Å². The number of hydrogen-bond acceptors (Lipinski definition) is 1. The van der Waals surface area contributed by atoms with Crippen LogP contribution >= 0.6 is 34.8 Å². The fraction of sp³-hybridized carbons (Fsp3) is 0.0833. The zero-order valence-electron chi connectivity index (χ0n) is 8.85. The summed E-state index contributed by atoms with van der Waals surface area (Å²) in [6.07, 6.45) is 0. The van der Waals surface area contributed by atoms with E-state index in [0.29, 0.717) is 21.3 Å². The van der Waals surface area contributed by atoms with Gasteiger partial charge in [0.1, 0.15) is 0 Å². The molecule has 2 aromatic rings. The summed E-state index contributed by atoms with van der Waals surface area (Å²) in [4.78, 5) is 14.5. The second-order valence-corrected chi connectivity index (χ2v) is 4.80. The molecule has 0 saturated carbocycles. The van der Waals surface area contributed by atoms with E-state index < -0.39 is 0 Å². The Morgan fingerprint density at radius 2 is 1.76 bits per heavy atom. The predicted molar refractivity (Wildman–Crippen MR) is 72.3 cm³/mol. The van der Waals surface area contributed by atoms with Crippen molar-refractivity contribution in [2.75, 3.05) is 0 Å². The Morgan fingerprint density at radius 1 is 1.06 bits per heavy atom. The van der Waals surface area contributed by atoms with Gasteiger partial charge in [0.15, 0.2) is 5.43 Å². The van der Waals surface area contributed by atoms with Crippen LogP contribution in [0.4, 0.5) is 0 Å². The van der Waals surface area contributed by atoms with Gasteiger partial charge in [-0.2, -0.15) is 0 Å². The van der Waals surface area contributed by atoms with E-state index >= 15 is 0 Å². The van der Waals surface area contributed by atoms with Crippen LogP contribution in [0.25, 0.3) is 11.3 Å². The third-order valence-electron chi connectivity index (χ3n) is 2.30.